The van der Waals surface area contributed by atoms with Crippen LogP contribution in [0.3, 0.4) is 0 Å². The highest BCUT2D eigenvalue weighted by Crippen LogP contribution is 2.29. The van der Waals surface area contributed by atoms with Crippen molar-refractivity contribution in [1.82, 2.24) is 15.1 Å². The van der Waals surface area contributed by atoms with Crippen molar-refractivity contribution in [3.8, 4) is 11.5 Å². The van der Waals surface area contributed by atoms with Gasteiger partial charge >= 0.3 is 0 Å². The van der Waals surface area contributed by atoms with E-state index in [-0.39, 0.29) is 23.2 Å². The van der Waals surface area contributed by atoms with Crippen LogP contribution >= 0.6 is 0 Å². The van der Waals surface area contributed by atoms with Gasteiger partial charge in [0.25, 0.3) is 11.5 Å². The molecule has 0 saturated carbocycles. The molecular weight excluding hydrogens is 370 g/mol. The fourth-order valence-corrected chi connectivity index (χ4v) is 2.92. The Morgan fingerprint density at radius 2 is 1.76 bits per heavy atom. The van der Waals surface area contributed by atoms with Gasteiger partial charge in [0, 0.05) is 6.07 Å². The third-order valence-corrected chi connectivity index (χ3v) is 4.53. The maximum absolute atomic E-state index is 12.7. The van der Waals surface area contributed by atoms with Gasteiger partial charge in [0.05, 0.1) is 26.8 Å². The summed E-state index contributed by atoms with van der Waals surface area (Å²) in [6, 6.07) is 17.4. The van der Waals surface area contributed by atoms with Crippen molar-refractivity contribution in [2.24, 2.45) is 0 Å². The van der Waals surface area contributed by atoms with Crippen LogP contribution in [0.1, 0.15) is 34.6 Å². The first-order chi connectivity index (χ1) is 14.0. The van der Waals surface area contributed by atoms with Crippen LogP contribution in [0.2, 0.25) is 0 Å². The lowest BCUT2D eigenvalue weighted by atomic mass is 10.1. The van der Waals surface area contributed by atoms with Gasteiger partial charge in [-0.3, -0.25) is 9.59 Å². The van der Waals surface area contributed by atoms with Crippen molar-refractivity contribution < 1.29 is 14.3 Å². The quantitative estimate of drug-likeness (QED) is 0.667. The number of hydrogen-bond acceptors (Lipinski definition) is 5. The van der Waals surface area contributed by atoms with E-state index in [4.69, 9.17) is 9.47 Å². The molecule has 2 aromatic carbocycles. The number of carbonyl (C=O) groups excluding carboxylic acids is 1. The van der Waals surface area contributed by atoms with Gasteiger partial charge in [-0.2, -0.15) is 5.10 Å². The molecule has 1 aromatic heterocycles. The Hall–Kier alpha value is -3.61. The summed E-state index contributed by atoms with van der Waals surface area (Å²) in [6.45, 7) is 2.16. The third kappa shape index (κ3) is 4.82. The Morgan fingerprint density at radius 1 is 1.03 bits per heavy atom. The topological polar surface area (TPSA) is 82.5 Å². The van der Waals surface area contributed by atoms with Gasteiger partial charge < -0.3 is 14.8 Å². The van der Waals surface area contributed by atoms with Crippen LogP contribution in [0.4, 0.5) is 0 Å². The summed E-state index contributed by atoms with van der Waals surface area (Å²) in [5, 5.41) is 7.12. The molecule has 7 heteroatoms. The molecule has 29 heavy (non-hydrogen) atoms. The van der Waals surface area contributed by atoms with Gasteiger partial charge in [-0.15, -0.1) is 0 Å². The smallest absolute Gasteiger partial charge is 0.272 e. The molecular formula is C22H23N3O4. The van der Waals surface area contributed by atoms with E-state index in [1.807, 2.05) is 49.4 Å². The fourth-order valence-electron chi connectivity index (χ4n) is 2.92. The van der Waals surface area contributed by atoms with E-state index in [0.717, 1.165) is 11.1 Å². The van der Waals surface area contributed by atoms with Crippen LogP contribution in [0, 0.1) is 0 Å². The zero-order valence-electron chi connectivity index (χ0n) is 16.6. The maximum atomic E-state index is 12.7. The summed E-state index contributed by atoms with van der Waals surface area (Å²) in [6.07, 6.45) is 0. The van der Waals surface area contributed by atoms with E-state index < -0.39 is 0 Å². The largest absolute Gasteiger partial charge is 0.493 e. The van der Waals surface area contributed by atoms with Crippen LogP contribution in [-0.4, -0.2) is 29.9 Å². The lowest BCUT2D eigenvalue weighted by molar-refractivity contribution is 0.0932. The molecule has 0 aliphatic heterocycles. The van der Waals surface area contributed by atoms with Crippen LogP contribution in [-0.2, 0) is 6.54 Å². The van der Waals surface area contributed by atoms with Crippen molar-refractivity contribution in [3.63, 3.8) is 0 Å². The Balaban J connectivity index is 1.77. The first-order valence-corrected chi connectivity index (χ1v) is 9.16. The molecule has 0 aliphatic rings. The Kier molecular flexibility index (Phi) is 6.29. The van der Waals surface area contributed by atoms with Crippen LogP contribution in [0.25, 0.3) is 0 Å². The van der Waals surface area contributed by atoms with E-state index >= 15 is 0 Å². The highest BCUT2D eigenvalue weighted by atomic mass is 16.5. The molecule has 1 atom stereocenters. The van der Waals surface area contributed by atoms with Crippen molar-refractivity contribution in [3.05, 3.63) is 87.8 Å². The Morgan fingerprint density at radius 3 is 2.45 bits per heavy atom. The number of ether oxygens (including phenoxy) is 2. The van der Waals surface area contributed by atoms with Gasteiger partial charge in [0.15, 0.2) is 11.5 Å². The maximum Gasteiger partial charge on any atom is 0.272 e. The van der Waals surface area contributed by atoms with Crippen LogP contribution in [0.15, 0.2) is 65.5 Å². The fraction of sp³-hybridized carbons (Fsp3) is 0.227. The predicted molar refractivity (Wildman–Crippen MR) is 109 cm³/mol. The normalized spacial score (nSPS) is 11.6. The molecule has 0 radical (unpaired) electrons. The summed E-state index contributed by atoms with van der Waals surface area (Å²) in [5.74, 6) is 0.833. The molecule has 1 amide bonds. The van der Waals surface area contributed by atoms with Crippen molar-refractivity contribution in [1.29, 1.82) is 0 Å². The molecule has 1 heterocycles. The van der Waals surface area contributed by atoms with Crippen LogP contribution < -0.4 is 20.3 Å². The highest BCUT2D eigenvalue weighted by Gasteiger charge is 2.16. The van der Waals surface area contributed by atoms with Gasteiger partial charge in [-0.1, -0.05) is 36.4 Å². The van der Waals surface area contributed by atoms with E-state index in [1.54, 1.807) is 20.3 Å². The third-order valence-electron chi connectivity index (χ3n) is 4.53. The zero-order valence-corrected chi connectivity index (χ0v) is 16.6. The second-order valence-corrected chi connectivity index (χ2v) is 6.51. The number of hydrogen-bond donors (Lipinski definition) is 1. The van der Waals surface area contributed by atoms with Gasteiger partial charge in [0.2, 0.25) is 0 Å². The Bertz CT molecular complexity index is 1050. The molecule has 7 nitrogen and oxygen atoms in total. The Labute approximate surface area is 168 Å². The predicted octanol–water partition coefficient (Wildman–Crippen LogP) is 2.80. The monoisotopic (exact) mass is 393 g/mol. The van der Waals surface area contributed by atoms with Crippen molar-refractivity contribution in [2.45, 2.75) is 19.5 Å². The first-order valence-electron chi connectivity index (χ1n) is 9.16. The first kappa shape index (κ1) is 20.1. The summed E-state index contributed by atoms with van der Waals surface area (Å²) < 4.78 is 11.8. The molecule has 0 bridgehead atoms. The number of amides is 1. The number of methoxy groups -OCH3 is 2. The van der Waals surface area contributed by atoms with E-state index in [1.165, 1.54) is 16.8 Å². The van der Waals surface area contributed by atoms with Crippen molar-refractivity contribution in [2.75, 3.05) is 14.2 Å². The SMILES string of the molecule is COc1ccc(C(C)NC(=O)c2ccc(=O)n(Cc3ccccc3)n2)cc1OC. The van der Waals surface area contributed by atoms with E-state index in [9.17, 15) is 9.59 Å². The van der Waals surface area contributed by atoms with E-state index in [2.05, 4.69) is 10.4 Å². The van der Waals surface area contributed by atoms with Gasteiger partial charge in [-0.25, -0.2) is 4.68 Å². The zero-order chi connectivity index (χ0) is 20.8. The summed E-state index contributed by atoms with van der Waals surface area (Å²) in [4.78, 5) is 24.8. The molecule has 3 rings (SSSR count). The molecule has 0 spiro atoms. The van der Waals surface area contributed by atoms with E-state index in [0.29, 0.717) is 18.0 Å². The van der Waals surface area contributed by atoms with Gasteiger partial charge in [0.1, 0.15) is 5.69 Å². The lowest BCUT2D eigenvalue weighted by Gasteiger charge is -2.16. The average molecular weight is 393 g/mol. The number of aromatic nitrogens is 2. The second-order valence-electron chi connectivity index (χ2n) is 6.51. The molecule has 1 N–H and O–H groups in total. The minimum absolute atomic E-state index is 0.174. The minimum Gasteiger partial charge on any atom is -0.493 e. The molecule has 0 fully saturated rings. The lowest BCUT2D eigenvalue weighted by Crippen LogP contribution is -2.31. The standard InChI is InChI=1S/C22H23N3O4/c1-15(17-9-11-19(28-2)20(13-17)29-3)23-22(27)18-10-12-21(26)25(24-18)14-16-7-5-4-6-8-16/h4-13,15H,14H2,1-3H3,(H,23,27). The molecule has 150 valence electrons. The number of carbonyl (C=O) groups is 1. The minimum atomic E-state index is -0.367. The number of rotatable bonds is 7. The summed E-state index contributed by atoms with van der Waals surface area (Å²) >= 11 is 0. The second kappa shape index (κ2) is 9.05. The molecule has 1 unspecified atom stereocenters. The molecule has 3 aromatic rings. The average Bonchev–Trinajstić information content (AvgIpc) is 2.75. The van der Waals surface area contributed by atoms with Gasteiger partial charge in [-0.05, 0) is 36.2 Å². The summed E-state index contributed by atoms with van der Waals surface area (Å²) in [7, 11) is 3.13. The number of nitrogens with one attached hydrogen (secondary N) is 1. The summed E-state index contributed by atoms with van der Waals surface area (Å²) in [5.41, 5.74) is 1.69. The van der Waals surface area contributed by atoms with Crippen LogP contribution in [0.5, 0.6) is 11.5 Å². The number of benzene rings is 2. The molecule has 0 saturated heterocycles. The number of nitrogens with zero attached hydrogens (tertiary/aromatic N) is 2. The highest BCUT2D eigenvalue weighted by molar-refractivity contribution is 5.92. The van der Waals surface area contributed by atoms with Crippen molar-refractivity contribution >= 4 is 5.91 Å². The molecule has 0 aliphatic carbocycles.